The molecule has 4 N–H and O–H groups in total. The van der Waals surface area contributed by atoms with Crippen molar-refractivity contribution in [3.63, 3.8) is 0 Å². The fourth-order valence-corrected chi connectivity index (χ4v) is 1.50. The molecular weight excluding hydrogens is 202 g/mol. The van der Waals surface area contributed by atoms with Gasteiger partial charge in [-0.25, -0.2) is 0 Å². The van der Waals surface area contributed by atoms with Crippen LogP contribution in [0.25, 0.3) is 0 Å². The molecule has 0 unspecified atom stereocenters. The van der Waals surface area contributed by atoms with Crippen LogP contribution >= 0.6 is 0 Å². The van der Waals surface area contributed by atoms with Crippen LogP contribution in [-0.4, -0.2) is 18.5 Å². The summed E-state index contributed by atoms with van der Waals surface area (Å²) in [7, 11) is 0. The summed E-state index contributed by atoms with van der Waals surface area (Å²) in [5.74, 6) is 0.124. The van der Waals surface area contributed by atoms with Gasteiger partial charge >= 0.3 is 0 Å². The van der Waals surface area contributed by atoms with Crippen molar-refractivity contribution in [1.29, 1.82) is 0 Å². The van der Waals surface area contributed by atoms with Crippen LogP contribution in [-0.2, 0) is 4.79 Å². The van der Waals surface area contributed by atoms with Gasteiger partial charge in [0.25, 0.3) is 0 Å². The van der Waals surface area contributed by atoms with E-state index in [4.69, 9.17) is 5.73 Å². The topological polar surface area (TPSA) is 67.1 Å². The maximum absolute atomic E-state index is 11.4. The van der Waals surface area contributed by atoms with E-state index in [-0.39, 0.29) is 5.91 Å². The molecule has 4 heteroatoms. The van der Waals surface area contributed by atoms with Gasteiger partial charge in [0, 0.05) is 30.4 Å². The number of carbonyl (C=O) groups is 1. The van der Waals surface area contributed by atoms with Crippen LogP contribution in [0.2, 0.25) is 0 Å². The second-order valence-electron chi connectivity index (χ2n) is 4.14. The highest BCUT2D eigenvalue weighted by molar-refractivity contribution is 5.77. The van der Waals surface area contributed by atoms with E-state index in [2.05, 4.69) is 10.6 Å². The molecule has 1 aromatic carbocycles. The molecule has 0 heterocycles. The molecule has 0 atom stereocenters. The molecule has 4 nitrogen and oxygen atoms in total. The van der Waals surface area contributed by atoms with Gasteiger partial charge in [0.15, 0.2) is 0 Å². The molecule has 1 aliphatic rings. The highest BCUT2D eigenvalue weighted by atomic mass is 16.1. The first-order valence-corrected chi connectivity index (χ1v) is 5.63. The minimum atomic E-state index is 0.124. The lowest BCUT2D eigenvalue weighted by atomic mass is 10.3. The zero-order valence-electron chi connectivity index (χ0n) is 9.20. The highest BCUT2D eigenvalue weighted by Gasteiger charge is 2.22. The number of carbonyl (C=O) groups excluding carboxylic acids is 1. The van der Waals surface area contributed by atoms with Crippen molar-refractivity contribution < 1.29 is 4.79 Å². The quantitative estimate of drug-likeness (QED) is 0.655. The molecular formula is C12H17N3O. The molecule has 0 bridgehead atoms. The number of anilines is 2. The van der Waals surface area contributed by atoms with Gasteiger partial charge in [-0.1, -0.05) is 6.07 Å². The van der Waals surface area contributed by atoms with Crippen molar-refractivity contribution in [2.75, 3.05) is 17.6 Å². The van der Waals surface area contributed by atoms with Crippen molar-refractivity contribution in [1.82, 2.24) is 5.32 Å². The zero-order chi connectivity index (χ0) is 11.4. The third-order valence-corrected chi connectivity index (χ3v) is 2.51. The first-order valence-electron chi connectivity index (χ1n) is 5.63. The standard InChI is InChI=1S/C12H17N3O/c13-9-2-1-3-11(8-9)14-7-6-12(16)15-10-4-5-10/h1-3,8,10,14H,4-7,13H2,(H,15,16). The van der Waals surface area contributed by atoms with Crippen LogP contribution in [0.3, 0.4) is 0 Å². The van der Waals surface area contributed by atoms with Crippen molar-refractivity contribution >= 4 is 17.3 Å². The minimum Gasteiger partial charge on any atom is -0.399 e. The van der Waals surface area contributed by atoms with Gasteiger partial charge in [-0.3, -0.25) is 4.79 Å². The molecule has 16 heavy (non-hydrogen) atoms. The summed E-state index contributed by atoms with van der Waals surface area (Å²) in [5, 5.41) is 6.12. The predicted octanol–water partition coefficient (Wildman–Crippen LogP) is 1.35. The Morgan fingerprint density at radius 3 is 2.94 bits per heavy atom. The van der Waals surface area contributed by atoms with Crippen LogP contribution in [0, 0.1) is 0 Å². The average Bonchev–Trinajstić information content (AvgIpc) is 3.02. The van der Waals surface area contributed by atoms with E-state index in [1.807, 2.05) is 24.3 Å². The molecule has 86 valence electrons. The molecule has 0 radical (unpaired) electrons. The van der Waals surface area contributed by atoms with Crippen molar-refractivity contribution in [3.05, 3.63) is 24.3 Å². The minimum absolute atomic E-state index is 0.124. The van der Waals surface area contributed by atoms with Gasteiger partial charge in [-0.15, -0.1) is 0 Å². The Morgan fingerprint density at radius 1 is 1.44 bits per heavy atom. The lowest BCUT2D eigenvalue weighted by molar-refractivity contribution is -0.120. The molecule has 0 aromatic heterocycles. The highest BCUT2D eigenvalue weighted by Crippen LogP contribution is 2.18. The molecule has 0 spiro atoms. The summed E-state index contributed by atoms with van der Waals surface area (Å²) in [6.45, 7) is 0.641. The monoisotopic (exact) mass is 219 g/mol. The summed E-state index contributed by atoms with van der Waals surface area (Å²) in [6.07, 6.45) is 2.77. The van der Waals surface area contributed by atoms with E-state index >= 15 is 0 Å². The molecule has 1 aromatic rings. The summed E-state index contributed by atoms with van der Waals surface area (Å²) >= 11 is 0. The summed E-state index contributed by atoms with van der Waals surface area (Å²) < 4.78 is 0. The number of nitrogen functional groups attached to an aromatic ring is 1. The fourth-order valence-electron chi connectivity index (χ4n) is 1.50. The van der Waals surface area contributed by atoms with Crippen molar-refractivity contribution in [3.8, 4) is 0 Å². The number of amides is 1. The Labute approximate surface area is 95.2 Å². The largest absolute Gasteiger partial charge is 0.399 e. The molecule has 0 saturated heterocycles. The Kier molecular flexibility index (Phi) is 3.29. The number of benzene rings is 1. The SMILES string of the molecule is Nc1cccc(NCCC(=O)NC2CC2)c1. The Morgan fingerprint density at radius 2 is 2.25 bits per heavy atom. The molecule has 1 aliphatic carbocycles. The summed E-state index contributed by atoms with van der Waals surface area (Å²) in [5.41, 5.74) is 7.33. The van der Waals surface area contributed by atoms with E-state index in [9.17, 15) is 4.79 Å². The smallest absolute Gasteiger partial charge is 0.221 e. The second kappa shape index (κ2) is 4.88. The maximum atomic E-state index is 11.4. The zero-order valence-corrected chi connectivity index (χ0v) is 9.20. The van der Waals surface area contributed by atoms with Gasteiger partial charge in [-0.2, -0.15) is 0 Å². The van der Waals surface area contributed by atoms with Gasteiger partial charge in [-0.05, 0) is 31.0 Å². The number of hydrogen-bond donors (Lipinski definition) is 3. The Bertz CT molecular complexity index is 374. The van der Waals surface area contributed by atoms with Crippen LogP contribution in [0.1, 0.15) is 19.3 Å². The predicted molar refractivity (Wildman–Crippen MR) is 65.1 cm³/mol. The average molecular weight is 219 g/mol. The number of hydrogen-bond acceptors (Lipinski definition) is 3. The Balaban J connectivity index is 1.68. The number of rotatable bonds is 5. The lowest BCUT2D eigenvalue weighted by Gasteiger charge is -2.07. The molecule has 0 aliphatic heterocycles. The lowest BCUT2D eigenvalue weighted by Crippen LogP contribution is -2.27. The van der Waals surface area contributed by atoms with Crippen LogP contribution in [0.5, 0.6) is 0 Å². The molecule has 1 saturated carbocycles. The Hall–Kier alpha value is -1.71. The van der Waals surface area contributed by atoms with Crippen LogP contribution < -0.4 is 16.4 Å². The van der Waals surface area contributed by atoms with Gasteiger partial charge in [0.2, 0.25) is 5.91 Å². The van der Waals surface area contributed by atoms with E-state index in [0.717, 1.165) is 24.2 Å². The van der Waals surface area contributed by atoms with Gasteiger partial charge in [0.1, 0.15) is 0 Å². The van der Waals surface area contributed by atoms with Gasteiger partial charge < -0.3 is 16.4 Å². The molecule has 1 fully saturated rings. The van der Waals surface area contributed by atoms with E-state index in [0.29, 0.717) is 19.0 Å². The molecule has 1 amide bonds. The number of nitrogens with two attached hydrogens (primary N) is 1. The summed E-state index contributed by atoms with van der Waals surface area (Å²) in [4.78, 5) is 11.4. The fraction of sp³-hybridized carbons (Fsp3) is 0.417. The third kappa shape index (κ3) is 3.46. The van der Waals surface area contributed by atoms with E-state index < -0.39 is 0 Å². The third-order valence-electron chi connectivity index (χ3n) is 2.51. The normalized spacial score (nSPS) is 14.5. The first kappa shape index (κ1) is 10.8. The second-order valence-corrected chi connectivity index (χ2v) is 4.14. The maximum Gasteiger partial charge on any atom is 0.221 e. The van der Waals surface area contributed by atoms with Crippen LogP contribution in [0.15, 0.2) is 24.3 Å². The van der Waals surface area contributed by atoms with E-state index in [1.165, 1.54) is 0 Å². The van der Waals surface area contributed by atoms with Crippen molar-refractivity contribution in [2.24, 2.45) is 0 Å². The van der Waals surface area contributed by atoms with Gasteiger partial charge in [0.05, 0.1) is 0 Å². The van der Waals surface area contributed by atoms with E-state index in [1.54, 1.807) is 0 Å². The summed E-state index contributed by atoms with van der Waals surface area (Å²) in [6, 6.07) is 7.97. The van der Waals surface area contributed by atoms with Crippen molar-refractivity contribution in [2.45, 2.75) is 25.3 Å². The number of nitrogens with one attached hydrogen (secondary N) is 2. The molecule has 2 rings (SSSR count). The van der Waals surface area contributed by atoms with Crippen LogP contribution in [0.4, 0.5) is 11.4 Å². The first-order chi connectivity index (χ1) is 7.74.